The topological polar surface area (TPSA) is 136 Å². The SMILES string of the molecule is CCCCCCCC(=O)OCC(C(CCC(=O)O)C(=O)O)C(OC(=O)CCCCCCC)c1cc(Cl)ccc1Oc1ccc(Cl)cc1Cl. The molecule has 0 fully saturated rings. The Labute approximate surface area is 298 Å². The maximum Gasteiger partial charge on any atom is 0.307 e. The molecule has 2 rings (SSSR count). The smallest absolute Gasteiger partial charge is 0.307 e. The third kappa shape index (κ3) is 15.0. The Balaban J connectivity index is 2.56. The number of hydrogen-bond acceptors (Lipinski definition) is 7. The van der Waals surface area contributed by atoms with Crippen LogP contribution in [0.3, 0.4) is 0 Å². The predicted octanol–water partition coefficient (Wildman–Crippen LogP) is 10.5. The molecule has 2 N–H and O–H groups in total. The van der Waals surface area contributed by atoms with Crippen molar-refractivity contribution in [1.29, 1.82) is 0 Å². The minimum absolute atomic E-state index is 0.0666. The summed E-state index contributed by atoms with van der Waals surface area (Å²) in [5, 5.41) is 20.6. The fourth-order valence-corrected chi connectivity index (χ4v) is 5.94. The Kier molecular flexibility index (Phi) is 19.4. The minimum atomic E-state index is -1.38. The van der Waals surface area contributed by atoms with Crippen LogP contribution in [0.5, 0.6) is 11.5 Å². The summed E-state index contributed by atoms with van der Waals surface area (Å²) in [7, 11) is 0. The van der Waals surface area contributed by atoms with Gasteiger partial charge in [0.15, 0.2) is 0 Å². The zero-order valence-corrected chi connectivity index (χ0v) is 30.0. The van der Waals surface area contributed by atoms with E-state index in [9.17, 15) is 29.4 Å². The average Bonchev–Trinajstić information content (AvgIpc) is 3.03. The van der Waals surface area contributed by atoms with E-state index in [1.165, 1.54) is 18.2 Å². The molecule has 0 radical (unpaired) electrons. The average molecular weight is 730 g/mol. The standard InChI is InChI=1S/C36H47Cl3O9/c1-3-5-7-9-11-13-33(42)46-23-28(26(36(44)45)17-20-32(40)41)35(48-34(43)14-12-10-8-6-4-2)27-21-24(37)15-18-30(27)47-31-19-16-25(38)22-29(31)39/h15-16,18-19,21-22,26,28,35H,3-14,17,20,23H2,1-2H3,(H,40,41)(H,44,45). The summed E-state index contributed by atoms with van der Waals surface area (Å²) < 4.78 is 17.8. The van der Waals surface area contributed by atoms with E-state index in [4.69, 9.17) is 49.0 Å². The number of aliphatic carboxylic acids is 2. The highest BCUT2D eigenvalue weighted by molar-refractivity contribution is 6.35. The van der Waals surface area contributed by atoms with Crippen molar-refractivity contribution in [2.75, 3.05) is 6.61 Å². The van der Waals surface area contributed by atoms with Gasteiger partial charge in [-0.15, -0.1) is 0 Å². The number of carbonyl (C=O) groups is 4. The number of benzene rings is 2. The van der Waals surface area contributed by atoms with Gasteiger partial charge in [-0.25, -0.2) is 0 Å². The van der Waals surface area contributed by atoms with Gasteiger partial charge in [-0.1, -0.05) is 100 Å². The van der Waals surface area contributed by atoms with E-state index < -0.39 is 54.8 Å². The van der Waals surface area contributed by atoms with Gasteiger partial charge in [0.2, 0.25) is 0 Å². The van der Waals surface area contributed by atoms with Crippen LogP contribution in [0, 0.1) is 11.8 Å². The van der Waals surface area contributed by atoms with Crippen LogP contribution in [0.15, 0.2) is 36.4 Å². The normalized spacial score (nSPS) is 12.9. The highest BCUT2D eigenvalue weighted by Gasteiger charge is 2.40. The van der Waals surface area contributed by atoms with E-state index in [2.05, 4.69) is 13.8 Å². The fraction of sp³-hybridized carbons (Fsp3) is 0.556. The second kappa shape index (κ2) is 22.6. The lowest BCUT2D eigenvalue weighted by Gasteiger charge is -2.32. The molecule has 2 aromatic carbocycles. The van der Waals surface area contributed by atoms with E-state index in [1.54, 1.807) is 18.2 Å². The largest absolute Gasteiger partial charge is 0.481 e. The molecule has 0 aliphatic carbocycles. The second-order valence-electron chi connectivity index (χ2n) is 11.8. The third-order valence-corrected chi connectivity index (χ3v) is 8.71. The summed E-state index contributed by atoms with van der Waals surface area (Å²) in [5.41, 5.74) is 0.204. The van der Waals surface area contributed by atoms with Crippen molar-refractivity contribution in [1.82, 2.24) is 0 Å². The van der Waals surface area contributed by atoms with Crippen molar-refractivity contribution >= 4 is 58.7 Å². The molecule has 3 atom stereocenters. The van der Waals surface area contributed by atoms with E-state index in [0.717, 1.165) is 51.4 Å². The van der Waals surface area contributed by atoms with Gasteiger partial charge in [0.05, 0.1) is 17.5 Å². The lowest BCUT2D eigenvalue weighted by molar-refractivity contribution is -0.165. The van der Waals surface area contributed by atoms with Crippen LogP contribution < -0.4 is 4.74 Å². The van der Waals surface area contributed by atoms with Crippen molar-refractivity contribution in [2.24, 2.45) is 11.8 Å². The van der Waals surface area contributed by atoms with E-state index >= 15 is 0 Å². The Bertz CT molecular complexity index is 1330. The zero-order chi connectivity index (χ0) is 35.5. The number of unbranched alkanes of at least 4 members (excludes halogenated alkanes) is 8. The monoisotopic (exact) mass is 728 g/mol. The quantitative estimate of drug-likeness (QED) is 0.0799. The number of halogens is 3. The fourth-order valence-electron chi connectivity index (χ4n) is 5.31. The van der Waals surface area contributed by atoms with Gasteiger partial charge in [0.1, 0.15) is 17.6 Å². The number of carboxylic acid groups (broad SMARTS) is 2. The summed E-state index contributed by atoms with van der Waals surface area (Å²) in [6.07, 6.45) is 6.99. The molecule has 3 unspecified atom stereocenters. The molecule has 9 nitrogen and oxygen atoms in total. The first kappa shape index (κ1) is 41.2. The summed E-state index contributed by atoms with van der Waals surface area (Å²) in [6, 6.07) is 9.17. The third-order valence-electron chi connectivity index (χ3n) is 7.95. The zero-order valence-electron chi connectivity index (χ0n) is 27.7. The predicted molar refractivity (Wildman–Crippen MR) is 186 cm³/mol. The van der Waals surface area contributed by atoms with E-state index in [-0.39, 0.29) is 46.4 Å². The number of carbonyl (C=O) groups excluding carboxylic acids is 2. The Morgan fingerprint density at radius 1 is 0.708 bits per heavy atom. The molecule has 0 aliphatic rings. The van der Waals surface area contributed by atoms with Crippen molar-refractivity contribution in [3.05, 3.63) is 57.0 Å². The molecule has 0 saturated carbocycles. The van der Waals surface area contributed by atoms with Gasteiger partial charge in [0, 0.05) is 40.8 Å². The number of esters is 2. The van der Waals surface area contributed by atoms with Crippen LogP contribution in [0.1, 0.15) is 115 Å². The molecule has 0 bridgehead atoms. The molecule has 0 amide bonds. The summed E-state index contributed by atoms with van der Waals surface area (Å²) in [5.74, 6) is -5.87. The lowest BCUT2D eigenvalue weighted by atomic mass is 9.81. The molecular weight excluding hydrogens is 683 g/mol. The lowest BCUT2D eigenvalue weighted by Crippen LogP contribution is -2.35. The van der Waals surface area contributed by atoms with Crippen LogP contribution in [0.25, 0.3) is 0 Å². The first-order chi connectivity index (χ1) is 23.0. The number of hydrogen-bond donors (Lipinski definition) is 2. The minimum Gasteiger partial charge on any atom is -0.481 e. The second-order valence-corrected chi connectivity index (χ2v) is 13.1. The van der Waals surface area contributed by atoms with Gasteiger partial charge in [-0.05, 0) is 55.7 Å². The van der Waals surface area contributed by atoms with Crippen LogP contribution in [-0.2, 0) is 28.7 Å². The van der Waals surface area contributed by atoms with Crippen LogP contribution in [0.4, 0.5) is 0 Å². The molecular formula is C36H47Cl3O9. The first-order valence-corrected chi connectivity index (χ1v) is 17.8. The van der Waals surface area contributed by atoms with Crippen molar-refractivity contribution in [3.63, 3.8) is 0 Å². The molecule has 0 aromatic heterocycles. The maximum absolute atomic E-state index is 13.4. The molecule has 266 valence electrons. The Morgan fingerprint density at radius 3 is 1.83 bits per heavy atom. The molecule has 0 heterocycles. The van der Waals surface area contributed by atoms with Crippen LogP contribution in [-0.4, -0.2) is 40.7 Å². The molecule has 48 heavy (non-hydrogen) atoms. The molecule has 12 heteroatoms. The highest BCUT2D eigenvalue weighted by Crippen LogP contribution is 2.43. The number of rotatable bonds is 24. The summed E-state index contributed by atoms with van der Waals surface area (Å²) >= 11 is 18.9. The number of ether oxygens (including phenoxy) is 3. The van der Waals surface area contributed by atoms with Gasteiger partial charge < -0.3 is 24.4 Å². The Morgan fingerprint density at radius 2 is 1.27 bits per heavy atom. The summed E-state index contributed by atoms with van der Waals surface area (Å²) in [4.78, 5) is 50.5. The molecule has 0 aliphatic heterocycles. The van der Waals surface area contributed by atoms with Crippen molar-refractivity contribution in [2.45, 2.75) is 110 Å². The summed E-state index contributed by atoms with van der Waals surface area (Å²) in [6.45, 7) is 3.73. The first-order valence-electron chi connectivity index (χ1n) is 16.7. The van der Waals surface area contributed by atoms with Gasteiger partial charge >= 0.3 is 23.9 Å². The molecule has 0 saturated heterocycles. The van der Waals surface area contributed by atoms with Crippen LogP contribution >= 0.6 is 34.8 Å². The Hall–Kier alpha value is -3.01. The maximum atomic E-state index is 13.4. The van der Waals surface area contributed by atoms with Crippen molar-refractivity contribution in [3.8, 4) is 11.5 Å². The highest BCUT2D eigenvalue weighted by atomic mass is 35.5. The van der Waals surface area contributed by atoms with Gasteiger partial charge in [0.25, 0.3) is 0 Å². The molecule has 0 spiro atoms. The van der Waals surface area contributed by atoms with Crippen LogP contribution in [0.2, 0.25) is 15.1 Å². The van der Waals surface area contributed by atoms with Gasteiger partial charge in [-0.2, -0.15) is 0 Å². The van der Waals surface area contributed by atoms with Gasteiger partial charge in [-0.3, -0.25) is 19.2 Å². The molecule has 2 aromatic rings. The number of carboxylic acids is 2. The van der Waals surface area contributed by atoms with E-state index in [0.29, 0.717) is 17.9 Å². The van der Waals surface area contributed by atoms with E-state index in [1.807, 2.05) is 0 Å². The van der Waals surface area contributed by atoms with Crippen molar-refractivity contribution < 1.29 is 43.6 Å².